The molecule has 0 spiro atoms. The summed E-state index contributed by atoms with van der Waals surface area (Å²) >= 11 is 0. The predicted molar refractivity (Wildman–Crippen MR) is 146 cm³/mol. The van der Waals surface area contributed by atoms with Crippen molar-refractivity contribution >= 4 is 22.5 Å². The average Bonchev–Trinajstić information content (AvgIpc) is 3.39. The molecule has 2 aliphatic carbocycles. The van der Waals surface area contributed by atoms with Gasteiger partial charge in [-0.2, -0.15) is 0 Å². The first-order chi connectivity index (χ1) is 18.1. The van der Waals surface area contributed by atoms with Crippen LogP contribution < -0.4 is 4.74 Å². The molecule has 1 saturated carbocycles. The Morgan fingerprint density at radius 1 is 0.865 bits per heavy atom. The highest BCUT2D eigenvalue weighted by atomic mass is 16.5. The summed E-state index contributed by atoms with van der Waals surface area (Å²) in [5.74, 6) is 0.367. The standard InChI is InChI=1S/C33H33NO3/c1-22-20-34(17-16-23-8-4-2-5-9-23)30-18-25(12-14-27(22)30)31-32(35)28-15-13-26(19-29(28)33(31)36)37-21-24-10-6-3-7-11-24/h3,6-7,10-15,18-20,23,31H,2,4-5,8-9,16-17,21H2,1H3. The Bertz CT molecular complexity index is 1460. The number of carbonyl (C=O) groups is 2. The average molecular weight is 492 g/mol. The Balaban J connectivity index is 1.24. The molecule has 0 bridgehead atoms. The van der Waals surface area contributed by atoms with E-state index in [-0.39, 0.29) is 11.6 Å². The second-order valence-corrected chi connectivity index (χ2v) is 10.7. The number of benzene rings is 3. The van der Waals surface area contributed by atoms with Gasteiger partial charge in [-0.05, 0) is 60.2 Å². The first-order valence-electron chi connectivity index (χ1n) is 13.6. The summed E-state index contributed by atoms with van der Waals surface area (Å²) in [6.07, 6.45) is 10.2. The predicted octanol–water partition coefficient (Wildman–Crippen LogP) is 7.66. The van der Waals surface area contributed by atoms with Crippen LogP contribution in [0.15, 0.2) is 72.9 Å². The number of nitrogens with zero attached hydrogens (tertiary/aromatic N) is 1. The first kappa shape index (κ1) is 23.7. The van der Waals surface area contributed by atoms with Gasteiger partial charge in [-0.1, -0.05) is 74.6 Å². The number of ketones is 2. The Morgan fingerprint density at radius 3 is 2.46 bits per heavy atom. The summed E-state index contributed by atoms with van der Waals surface area (Å²) in [6, 6.07) is 21.3. The van der Waals surface area contributed by atoms with Crippen molar-refractivity contribution in [2.45, 2.75) is 64.5 Å². The summed E-state index contributed by atoms with van der Waals surface area (Å²) < 4.78 is 8.26. The Hall–Kier alpha value is -3.66. The van der Waals surface area contributed by atoms with Crippen molar-refractivity contribution in [2.24, 2.45) is 5.92 Å². The molecule has 1 atom stereocenters. The van der Waals surface area contributed by atoms with E-state index in [0.29, 0.717) is 23.5 Å². The van der Waals surface area contributed by atoms with Crippen LogP contribution >= 0.6 is 0 Å². The fourth-order valence-electron chi connectivity index (χ4n) is 6.16. The van der Waals surface area contributed by atoms with Crippen molar-refractivity contribution in [3.05, 3.63) is 101 Å². The Morgan fingerprint density at radius 2 is 1.65 bits per heavy atom. The fourth-order valence-corrected chi connectivity index (χ4v) is 6.16. The van der Waals surface area contributed by atoms with E-state index in [4.69, 9.17) is 4.74 Å². The Kier molecular flexibility index (Phi) is 6.42. The zero-order valence-electron chi connectivity index (χ0n) is 21.4. The van der Waals surface area contributed by atoms with Gasteiger partial charge in [-0.25, -0.2) is 0 Å². The van der Waals surface area contributed by atoms with Crippen molar-refractivity contribution < 1.29 is 14.3 Å². The number of fused-ring (bicyclic) bond motifs is 2. The summed E-state index contributed by atoms with van der Waals surface area (Å²) in [7, 11) is 0. The van der Waals surface area contributed by atoms with Gasteiger partial charge in [-0.3, -0.25) is 9.59 Å². The number of hydrogen-bond donors (Lipinski definition) is 0. The smallest absolute Gasteiger partial charge is 0.178 e. The van der Waals surface area contributed by atoms with Gasteiger partial charge < -0.3 is 9.30 Å². The Labute approximate surface area is 218 Å². The number of Topliss-reactive ketones (excluding diaryl/α,β-unsaturated/α-hetero) is 2. The molecular formula is C33H33NO3. The molecule has 2 aliphatic rings. The molecule has 0 N–H and O–H groups in total. The van der Waals surface area contributed by atoms with Crippen LogP contribution in [0.25, 0.3) is 10.9 Å². The van der Waals surface area contributed by atoms with Gasteiger partial charge in [0.15, 0.2) is 11.6 Å². The van der Waals surface area contributed by atoms with Crippen LogP contribution in [0, 0.1) is 12.8 Å². The monoisotopic (exact) mass is 491 g/mol. The van der Waals surface area contributed by atoms with Crippen LogP contribution in [0.3, 0.4) is 0 Å². The third-order valence-corrected chi connectivity index (χ3v) is 8.24. The summed E-state index contributed by atoms with van der Waals surface area (Å²) in [5, 5.41) is 1.19. The zero-order chi connectivity index (χ0) is 25.4. The maximum absolute atomic E-state index is 13.5. The zero-order valence-corrected chi connectivity index (χ0v) is 21.4. The normalized spacial score (nSPS) is 17.9. The van der Waals surface area contributed by atoms with E-state index in [1.807, 2.05) is 36.4 Å². The van der Waals surface area contributed by atoms with E-state index < -0.39 is 5.92 Å². The maximum atomic E-state index is 13.5. The number of rotatable bonds is 7. The third-order valence-electron chi connectivity index (χ3n) is 8.24. The van der Waals surface area contributed by atoms with Crippen molar-refractivity contribution in [1.29, 1.82) is 0 Å². The van der Waals surface area contributed by atoms with Gasteiger partial charge in [0.05, 0.1) is 0 Å². The van der Waals surface area contributed by atoms with Crippen molar-refractivity contribution in [1.82, 2.24) is 4.57 Å². The molecule has 0 radical (unpaired) electrons. The molecule has 1 aromatic heterocycles. The fraction of sp³-hybridized carbons (Fsp3) is 0.333. The maximum Gasteiger partial charge on any atom is 0.178 e. The van der Waals surface area contributed by atoms with E-state index >= 15 is 0 Å². The van der Waals surface area contributed by atoms with E-state index in [1.165, 1.54) is 49.5 Å². The summed E-state index contributed by atoms with van der Waals surface area (Å²) in [4.78, 5) is 26.9. The molecular weight excluding hydrogens is 458 g/mol. The molecule has 6 rings (SSSR count). The summed E-state index contributed by atoms with van der Waals surface area (Å²) in [5.41, 5.74) is 5.14. The van der Waals surface area contributed by atoms with Gasteiger partial charge in [0.2, 0.25) is 0 Å². The highest BCUT2D eigenvalue weighted by Crippen LogP contribution is 2.38. The van der Waals surface area contributed by atoms with E-state index in [1.54, 1.807) is 18.2 Å². The molecule has 188 valence electrons. The molecule has 1 heterocycles. The van der Waals surface area contributed by atoms with Crippen LogP contribution in [-0.4, -0.2) is 16.1 Å². The first-order valence-corrected chi connectivity index (χ1v) is 13.6. The molecule has 0 saturated heterocycles. The molecule has 4 nitrogen and oxygen atoms in total. The molecule has 4 heteroatoms. The largest absolute Gasteiger partial charge is 0.489 e. The van der Waals surface area contributed by atoms with Crippen LogP contribution in [0.4, 0.5) is 0 Å². The van der Waals surface area contributed by atoms with Gasteiger partial charge >= 0.3 is 0 Å². The van der Waals surface area contributed by atoms with E-state index in [2.05, 4.69) is 29.8 Å². The number of aryl methyl sites for hydroxylation is 2. The second kappa shape index (κ2) is 10.0. The second-order valence-electron chi connectivity index (χ2n) is 10.7. The molecule has 37 heavy (non-hydrogen) atoms. The molecule has 0 aliphatic heterocycles. The lowest BCUT2D eigenvalue weighted by Crippen LogP contribution is -2.13. The van der Waals surface area contributed by atoms with Crippen LogP contribution in [0.1, 0.15) is 81.8 Å². The van der Waals surface area contributed by atoms with Crippen molar-refractivity contribution in [2.75, 3.05) is 0 Å². The number of aromatic nitrogens is 1. The van der Waals surface area contributed by atoms with Crippen LogP contribution in [0.5, 0.6) is 5.75 Å². The van der Waals surface area contributed by atoms with Crippen LogP contribution in [0.2, 0.25) is 0 Å². The highest BCUT2D eigenvalue weighted by molar-refractivity contribution is 6.30. The molecule has 1 fully saturated rings. The number of carbonyl (C=O) groups excluding carboxylic acids is 2. The topological polar surface area (TPSA) is 48.3 Å². The van der Waals surface area contributed by atoms with Crippen molar-refractivity contribution in [3.8, 4) is 5.75 Å². The number of ether oxygens (including phenoxy) is 1. The highest BCUT2D eigenvalue weighted by Gasteiger charge is 2.40. The van der Waals surface area contributed by atoms with Gasteiger partial charge in [0.25, 0.3) is 0 Å². The SMILES string of the molecule is Cc1cn(CCC2CCCCC2)c2cc(C3C(=O)c4ccc(OCc5ccccc5)cc4C3=O)ccc12. The quantitative estimate of drug-likeness (QED) is 0.249. The molecule has 1 unspecified atom stereocenters. The lowest BCUT2D eigenvalue weighted by atomic mass is 9.87. The lowest BCUT2D eigenvalue weighted by molar-refractivity contribution is 0.0890. The van der Waals surface area contributed by atoms with Crippen molar-refractivity contribution in [3.63, 3.8) is 0 Å². The lowest BCUT2D eigenvalue weighted by Gasteiger charge is -2.21. The minimum Gasteiger partial charge on any atom is -0.489 e. The molecule has 4 aromatic rings. The van der Waals surface area contributed by atoms with Gasteiger partial charge in [0, 0.05) is 34.8 Å². The van der Waals surface area contributed by atoms with E-state index in [0.717, 1.165) is 29.1 Å². The van der Waals surface area contributed by atoms with Gasteiger partial charge in [-0.15, -0.1) is 0 Å². The third kappa shape index (κ3) is 4.61. The van der Waals surface area contributed by atoms with E-state index in [9.17, 15) is 9.59 Å². The number of hydrogen-bond acceptors (Lipinski definition) is 3. The minimum absolute atomic E-state index is 0.119. The van der Waals surface area contributed by atoms with Crippen LogP contribution in [-0.2, 0) is 13.2 Å². The minimum atomic E-state index is -0.786. The van der Waals surface area contributed by atoms with Gasteiger partial charge in [0.1, 0.15) is 18.3 Å². The molecule has 3 aromatic carbocycles. The summed E-state index contributed by atoms with van der Waals surface area (Å²) in [6.45, 7) is 3.53. The molecule has 0 amide bonds.